The number of aromatic nitrogens is 1. The summed E-state index contributed by atoms with van der Waals surface area (Å²) in [6.45, 7) is 1.80. The highest BCUT2D eigenvalue weighted by Gasteiger charge is 2.48. The molecule has 5 nitrogen and oxygen atoms in total. The van der Waals surface area contributed by atoms with E-state index in [1.54, 1.807) is 67.7 Å². The van der Waals surface area contributed by atoms with Gasteiger partial charge >= 0.3 is 0 Å². The van der Waals surface area contributed by atoms with Crippen LogP contribution in [0.2, 0.25) is 10.0 Å². The topological polar surface area (TPSA) is 70.5 Å². The minimum atomic E-state index is -0.898. The maximum atomic E-state index is 13.1. The maximum Gasteiger partial charge on any atom is 0.300 e. The van der Waals surface area contributed by atoms with Gasteiger partial charge in [0, 0.05) is 27.5 Å². The van der Waals surface area contributed by atoms with E-state index in [1.807, 2.05) is 0 Å². The van der Waals surface area contributed by atoms with Crippen molar-refractivity contribution in [3.63, 3.8) is 0 Å². The molecule has 0 bridgehead atoms. The smallest absolute Gasteiger partial charge is 0.300 e. The van der Waals surface area contributed by atoms with Crippen LogP contribution in [-0.4, -0.2) is 21.8 Å². The molecule has 2 heterocycles. The molecule has 1 unspecified atom stereocenters. The summed E-state index contributed by atoms with van der Waals surface area (Å²) in [5, 5.41) is 11.9. The Morgan fingerprint density at radius 1 is 1.00 bits per heavy atom. The number of aliphatic hydroxyl groups is 1. The number of halogens is 2. The second-order valence-electron chi connectivity index (χ2n) is 6.86. The Labute approximate surface area is 183 Å². The largest absolute Gasteiger partial charge is 0.507 e. The molecule has 30 heavy (non-hydrogen) atoms. The number of amides is 1. The molecule has 1 saturated heterocycles. The van der Waals surface area contributed by atoms with Gasteiger partial charge in [-0.2, -0.15) is 0 Å². The average molecular weight is 439 g/mol. The zero-order chi connectivity index (χ0) is 21.4. The zero-order valence-corrected chi connectivity index (χ0v) is 17.4. The first-order valence-electron chi connectivity index (χ1n) is 9.12. The average Bonchev–Trinajstić information content (AvgIpc) is 2.99. The molecule has 1 aliphatic heterocycles. The third-order valence-electron chi connectivity index (χ3n) is 4.93. The highest BCUT2D eigenvalue weighted by atomic mass is 35.5. The van der Waals surface area contributed by atoms with E-state index in [0.29, 0.717) is 32.6 Å². The van der Waals surface area contributed by atoms with E-state index in [-0.39, 0.29) is 11.3 Å². The van der Waals surface area contributed by atoms with Crippen LogP contribution in [0.3, 0.4) is 0 Å². The second kappa shape index (κ2) is 7.94. The van der Waals surface area contributed by atoms with E-state index in [0.717, 1.165) is 0 Å². The number of hydrogen-bond acceptors (Lipinski definition) is 4. The van der Waals surface area contributed by atoms with Crippen molar-refractivity contribution >= 4 is 46.3 Å². The van der Waals surface area contributed by atoms with Gasteiger partial charge in [-0.3, -0.25) is 19.5 Å². The van der Waals surface area contributed by atoms with Crippen molar-refractivity contribution in [2.45, 2.75) is 13.0 Å². The Balaban J connectivity index is 1.97. The Hall–Kier alpha value is -3.15. The number of nitrogens with zero attached hydrogens (tertiary/aromatic N) is 2. The van der Waals surface area contributed by atoms with Crippen molar-refractivity contribution in [1.29, 1.82) is 0 Å². The van der Waals surface area contributed by atoms with E-state index >= 15 is 0 Å². The summed E-state index contributed by atoms with van der Waals surface area (Å²) < 4.78 is 0. The van der Waals surface area contributed by atoms with Gasteiger partial charge in [0.1, 0.15) is 11.8 Å². The third-order valence-corrected chi connectivity index (χ3v) is 5.40. The fourth-order valence-corrected chi connectivity index (χ4v) is 4.00. The summed E-state index contributed by atoms with van der Waals surface area (Å²) in [6, 6.07) is 15.8. The van der Waals surface area contributed by atoms with Crippen molar-refractivity contribution in [3.05, 3.63) is 99.3 Å². The third kappa shape index (κ3) is 3.47. The maximum absolute atomic E-state index is 13.1. The Morgan fingerprint density at radius 3 is 2.43 bits per heavy atom. The molecule has 0 aliphatic carbocycles. The molecule has 1 aliphatic rings. The minimum Gasteiger partial charge on any atom is -0.507 e. The van der Waals surface area contributed by atoms with Gasteiger partial charge in [-0.15, -0.1) is 0 Å². The van der Waals surface area contributed by atoms with Gasteiger partial charge in [-0.25, -0.2) is 0 Å². The van der Waals surface area contributed by atoms with Gasteiger partial charge in [0.2, 0.25) is 0 Å². The lowest BCUT2D eigenvalue weighted by Crippen LogP contribution is -2.30. The first-order chi connectivity index (χ1) is 14.4. The van der Waals surface area contributed by atoms with Crippen molar-refractivity contribution in [1.82, 2.24) is 4.98 Å². The highest BCUT2D eigenvalue weighted by Crippen LogP contribution is 2.42. The van der Waals surface area contributed by atoms with Gasteiger partial charge in [0.25, 0.3) is 11.7 Å². The summed E-state index contributed by atoms with van der Waals surface area (Å²) in [5.74, 6) is -1.85. The monoisotopic (exact) mass is 438 g/mol. The first kappa shape index (κ1) is 20.1. The highest BCUT2D eigenvalue weighted by molar-refractivity contribution is 6.51. The van der Waals surface area contributed by atoms with Crippen molar-refractivity contribution in [3.8, 4) is 0 Å². The van der Waals surface area contributed by atoms with Crippen LogP contribution < -0.4 is 4.90 Å². The van der Waals surface area contributed by atoms with E-state index < -0.39 is 17.7 Å². The molecule has 1 aromatic heterocycles. The van der Waals surface area contributed by atoms with E-state index in [1.165, 1.54) is 11.0 Å². The Bertz CT molecular complexity index is 1190. The van der Waals surface area contributed by atoms with Crippen molar-refractivity contribution in [2.75, 3.05) is 4.90 Å². The molecule has 2 aromatic carbocycles. The van der Waals surface area contributed by atoms with Crippen LogP contribution in [0.5, 0.6) is 0 Å². The quantitative estimate of drug-likeness (QED) is 0.341. The molecule has 1 fully saturated rings. The molecule has 0 spiro atoms. The molecule has 7 heteroatoms. The molecule has 0 radical (unpaired) electrons. The SMILES string of the molecule is Cc1cc(Cl)ccc1N1C(=O)C(=O)/C(=C(/O)c2cccc(Cl)c2)C1c1ccccn1. The molecule has 3 aromatic rings. The van der Waals surface area contributed by atoms with Gasteiger partial charge in [-0.1, -0.05) is 41.4 Å². The van der Waals surface area contributed by atoms with E-state index in [9.17, 15) is 14.7 Å². The summed E-state index contributed by atoms with van der Waals surface area (Å²) in [7, 11) is 0. The van der Waals surface area contributed by atoms with E-state index in [2.05, 4.69) is 4.98 Å². The Morgan fingerprint density at radius 2 is 1.77 bits per heavy atom. The van der Waals surface area contributed by atoms with Crippen LogP contribution in [0, 0.1) is 6.92 Å². The van der Waals surface area contributed by atoms with Gasteiger partial charge < -0.3 is 5.11 Å². The van der Waals surface area contributed by atoms with Gasteiger partial charge in [0.05, 0.1) is 11.3 Å². The normalized spacial score (nSPS) is 18.1. The molecular weight excluding hydrogens is 423 g/mol. The van der Waals surface area contributed by atoms with Crippen LogP contribution >= 0.6 is 23.2 Å². The Kier molecular flexibility index (Phi) is 5.33. The number of ketones is 1. The fourth-order valence-electron chi connectivity index (χ4n) is 3.58. The zero-order valence-electron chi connectivity index (χ0n) is 15.8. The number of Topliss-reactive ketones (excluding diaryl/α,β-unsaturated/α-hetero) is 1. The molecule has 4 rings (SSSR count). The predicted octanol–water partition coefficient (Wildman–Crippen LogP) is 5.32. The molecule has 0 saturated carbocycles. The molecular formula is C23H16Cl2N2O3. The summed E-state index contributed by atoms with van der Waals surface area (Å²) >= 11 is 12.1. The number of pyridine rings is 1. The van der Waals surface area contributed by atoms with Crippen molar-refractivity contribution in [2.24, 2.45) is 0 Å². The lowest BCUT2D eigenvalue weighted by molar-refractivity contribution is -0.132. The van der Waals surface area contributed by atoms with Crippen LogP contribution in [-0.2, 0) is 9.59 Å². The van der Waals surface area contributed by atoms with Crippen LogP contribution in [0.15, 0.2) is 72.4 Å². The lowest BCUT2D eigenvalue weighted by atomic mass is 9.98. The second-order valence-corrected chi connectivity index (χ2v) is 7.74. The number of anilines is 1. The minimum absolute atomic E-state index is 0.0460. The molecule has 1 atom stereocenters. The number of carbonyl (C=O) groups is 2. The van der Waals surface area contributed by atoms with Crippen LogP contribution in [0.25, 0.3) is 5.76 Å². The molecule has 150 valence electrons. The fraction of sp³-hybridized carbons (Fsp3) is 0.0870. The number of rotatable bonds is 3. The number of aryl methyl sites for hydroxylation is 1. The molecule has 1 amide bonds. The number of aliphatic hydroxyl groups excluding tert-OH is 1. The van der Waals surface area contributed by atoms with E-state index in [4.69, 9.17) is 23.2 Å². The number of hydrogen-bond donors (Lipinski definition) is 1. The number of benzene rings is 2. The van der Waals surface area contributed by atoms with Crippen LogP contribution in [0.4, 0.5) is 5.69 Å². The molecule has 1 N–H and O–H groups in total. The predicted molar refractivity (Wildman–Crippen MR) is 117 cm³/mol. The summed E-state index contributed by atoms with van der Waals surface area (Å²) in [6.07, 6.45) is 1.57. The standard InChI is InChI=1S/C23H16Cl2N2O3/c1-13-11-16(25)8-9-18(13)27-20(17-7-2-3-10-26-17)19(22(29)23(27)30)21(28)14-5-4-6-15(24)12-14/h2-12,20,28H,1H3/b21-19+. The summed E-state index contributed by atoms with van der Waals surface area (Å²) in [5.41, 5.74) is 1.98. The first-order valence-corrected chi connectivity index (χ1v) is 9.88. The van der Waals surface area contributed by atoms with Gasteiger partial charge in [0.15, 0.2) is 0 Å². The lowest BCUT2D eigenvalue weighted by Gasteiger charge is -2.26. The number of carbonyl (C=O) groups excluding carboxylic acids is 2. The van der Waals surface area contributed by atoms with Crippen molar-refractivity contribution < 1.29 is 14.7 Å². The van der Waals surface area contributed by atoms with Crippen LogP contribution in [0.1, 0.15) is 22.9 Å². The summed E-state index contributed by atoms with van der Waals surface area (Å²) in [4.78, 5) is 31.8. The van der Waals surface area contributed by atoms with Gasteiger partial charge in [-0.05, 0) is 55.0 Å².